The van der Waals surface area contributed by atoms with Crippen LogP contribution in [0.3, 0.4) is 0 Å². The third-order valence-electron chi connectivity index (χ3n) is 6.51. The van der Waals surface area contributed by atoms with Crippen molar-refractivity contribution in [3.63, 3.8) is 0 Å². The summed E-state index contributed by atoms with van der Waals surface area (Å²) in [5.74, 6) is 1.42. The molecule has 3 aromatic rings. The predicted molar refractivity (Wildman–Crippen MR) is 135 cm³/mol. The van der Waals surface area contributed by atoms with Crippen LogP contribution in [0, 0.1) is 19.8 Å². The van der Waals surface area contributed by atoms with Gasteiger partial charge in [-0.15, -0.1) is 11.8 Å². The van der Waals surface area contributed by atoms with Crippen LogP contribution >= 0.6 is 11.8 Å². The summed E-state index contributed by atoms with van der Waals surface area (Å²) in [5.41, 5.74) is 6.95. The van der Waals surface area contributed by atoms with Gasteiger partial charge in [-0.05, 0) is 55.9 Å². The van der Waals surface area contributed by atoms with Gasteiger partial charge in [-0.2, -0.15) is 5.10 Å². The standard InChI is InChI=1S/C26H36N3O2S/c1-17(2)16-29(5,23-12-9-13-31-23)25-21-11-8-10-20(28(21)27-26(25)32-7)24-19(4)14-18(3)15-22(24)30-6/h8,10-11,14-15,17,23H,9,12-13,16H2,1-7H3/q+1. The van der Waals surface area contributed by atoms with Crippen molar-refractivity contribution in [2.24, 2.45) is 5.92 Å². The van der Waals surface area contributed by atoms with Crippen LogP contribution in [0.4, 0.5) is 5.69 Å². The first kappa shape index (κ1) is 23.1. The molecule has 1 saturated heterocycles. The highest BCUT2D eigenvalue weighted by Gasteiger charge is 2.43. The number of rotatable bonds is 7. The Balaban J connectivity index is 2.00. The summed E-state index contributed by atoms with van der Waals surface area (Å²) in [6.45, 7) is 10.7. The molecule has 2 unspecified atom stereocenters. The zero-order valence-electron chi connectivity index (χ0n) is 20.4. The van der Waals surface area contributed by atoms with Crippen molar-refractivity contribution < 1.29 is 9.47 Å². The van der Waals surface area contributed by atoms with Crippen molar-refractivity contribution in [3.05, 3.63) is 41.5 Å². The van der Waals surface area contributed by atoms with E-state index in [-0.39, 0.29) is 6.23 Å². The number of aryl methyl sites for hydroxylation is 2. The largest absolute Gasteiger partial charge is 0.496 e. The Morgan fingerprint density at radius 2 is 2.06 bits per heavy atom. The van der Waals surface area contributed by atoms with Gasteiger partial charge >= 0.3 is 0 Å². The fourth-order valence-corrected chi connectivity index (χ4v) is 6.05. The smallest absolute Gasteiger partial charge is 0.197 e. The number of fused-ring (bicyclic) bond motifs is 1. The van der Waals surface area contributed by atoms with Crippen LogP contribution in [0.5, 0.6) is 5.75 Å². The summed E-state index contributed by atoms with van der Waals surface area (Å²) in [7, 11) is 4.07. The number of ether oxygens (including phenoxy) is 2. The van der Waals surface area contributed by atoms with E-state index in [9.17, 15) is 0 Å². The fourth-order valence-electron chi connectivity index (χ4n) is 5.38. The van der Waals surface area contributed by atoms with Gasteiger partial charge in [-0.3, -0.25) is 4.48 Å². The Labute approximate surface area is 196 Å². The second-order valence-electron chi connectivity index (χ2n) is 9.54. The third-order valence-corrected chi connectivity index (χ3v) is 7.17. The molecule has 0 bridgehead atoms. The quantitative estimate of drug-likeness (QED) is 0.320. The summed E-state index contributed by atoms with van der Waals surface area (Å²) in [5, 5.41) is 6.21. The van der Waals surface area contributed by atoms with Crippen LogP contribution in [-0.2, 0) is 4.74 Å². The van der Waals surface area contributed by atoms with E-state index in [2.05, 4.69) is 75.8 Å². The summed E-state index contributed by atoms with van der Waals surface area (Å²) in [6, 6.07) is 10.8. The van der Waals surface area contributed by atoms with Crippen molar-refractivity contribution in [2.75, 3.05) is 33.6 Å². The third kappa shape index (κ3) is 3.93. The molecule has 32 heavy (non-hydrogen) atoms. The van der Waals surface area contributed by atoms with E-state index in [1.54, 1.807) is 18.9 Å². The van der Waals surface area contributed by atoms with E-state index in [1.165, 1.54) is 16.8 Å². The van der Waals surface area contributed by atoms with Gasteiger partial charge in [0, 0.05) is 17.9 Å². The molecule has 1 aliphatic rings. The lowest BCUT2D eigenvalue weighted by Gasteiger charge is -2.39. The van der Waals surface area contributed by atoms with Gasteiger partial charge in [-0.25, -0.2) is 4.52 Å². The van der Waals surface area contributed by atoms with Gasteiger partial charge in [0.25, 0.3) is 0 Å². The van der Waals surface area contributed by atoms with Crippen LogP contribution in [0.2, 0.25) is 0 Å². The Kier molecular flexibility index (Phi) is 6.57. The molecule has 172 valence electrons. The van der Waals surface area contributed by atoms with E-state index < -0.39 is 0 Å². The molecular formula is C26H36N3O2S+. The second-order valence-corrected chi connectivity index (χ2v) is 10.3. The highest BCUT2D eigenvalue weighted by atomic mass is 32.2. The van der Waals surface area contributed by atoms with E-state index >= 15 is 0 Å². The number of aromatic nitrogens is 2. The van der Waals surface area contributed by atoms with Gasteiger partial charge in [0.15, 0.2) is 16.9 Å². The Bertz CT molecular complexity index is 1120. The lowest BCUT2D eigenvalue weighted by atomic mass is 10.0. The minimum atomic E-state index is 0.163. The maximum atomic E-state index is 6.28. The number of hydrogen-bond donors (Lipinski definition) is 0. The van der Waals surface area contributed by atoms with Crippen molar-refractivity contribution in [1.82, 2.24) is 14.1 Å². The summed E-state index contributed by atoms with van der Waals surface area (Å²) < 4.78 is 15.0. The maximum Gasteiger partial charge on any atom is 0.197 e. The van der Waals surface area contributed by atoms with Crippen LogP contribution < -0.4 is 9.22 Å². The molecule has 0 N–H and O–H groups in total. The highest BCUT2D eigenvalue weighted by molar-refractivity contribution is 7.98. The molecular weight excluding hydrogens is 418 g/mol. The number of methoxy groups -OCH3 is 1. The molecule has 0 amide bonds. The SMILES string of the molecule is COc1cc(C)cc(C)c1-c1cccc2c([N+](C)(CC(C)C)C3CCCO3)c(SC)nn12. The van der Waals surface area contributed by atoms with E-state index in [1.807, 2.05) is 0 Å². The highest BCUT2D eigenvalue weighted by Crippen LogP contribution is 2.43. The van der Waals surface area contributed by atoms with Crippen molar-refractivity contribution in [1.29, 1.82) is 0 Å². The lowest BCUT2D eigenvalue weighted by Crippen LogP contribution is -2.55. The van der Waals surface area contributed by atoms with E-state index in [0.717, 1.165) is 58.0 Å². The molecule has 2 aromatic heterocycles. The molecule has 0 spiro atoms. The van der Waals surface area contributed by atoms with E-state index in [0.29, 0.717) is 5.92 Å². The van der Waals surface area contributed by atoms with Crippen LogP contribution in [0.25, 0.3) is 16.8 Å². The summed E-state index contributed by atoms with van der Waals surface area (Å²) in [6.07, 6.45) is 4.49. The fraction of sp³-hybridized carbons (Fsp3) is 0.500. The zero-order valence-corrected chi connectivity index (χ0v) is 21.3. The number of quaternary nitrogens is 1. The predicted octanol–water partition coefficient (Wildman–Crippen LogP) is 6.08. The first-order valence-electron chi connectivity index (χ1n) is 11.5. The summed E-state index contributed by atoms with van der Waals surface area (Å²) in [4.78, 5) is 0. The van der Waals surface area contributed by atoms with E-state index in [4.69, 9.17) is 14.6 Å². The molecule has 2 atom stereocenters. The van der Waals surface area contributed by atoms with Crippen LogP contribution in [0.15, 0.2) is 35.4 Å². The molecule has 0 aliphatic carbocycles. The molecule has 4 rings (SSSR count). The monoisotopic (exact) mass is 454 g/mol. The van der Waals surface area contributed by atoms with Crippen LogP contribution in [0.1, 0.15) is 37.8 Å². The summed E-state index contributed by atoms with van der Waals surface area (Å²) >= 11 is 1.72. The van der Waals surface area contributed by atoms with Crippen molar-refractivity contribution >= 4 is 23.0 Å². The minimum Gasteiger partial charge on any atom is -0.496 e. The van der Waals surface area contributed by atoms with Gasteiger partial charge in [0.1, 0.15) is 11.3 Å². The average molecular weight is 455 g/mol. The number of thioether (sulfide) groups is 1. The number of pyridine rings is 1. The first-order chi connectivity index (χ1) is 15.3. The number of nitrogens with zero attached hydrogens (tertiary/aromatic N) is 3. The van der Waals surface area contributed by atoms with Crippen molar-refractivity contribution in [3.8, 4) is 17.0 Å². The lowest BCUT2D eigenvalue weighted by molar-refractivity contribution is -0.00625. The topological polar surface area (TPSA) is 35.8 Å². The van der Waals surface area contributed by atoms with Gasteiger partial charge in [0.05, 0.1) is 33.0 Å². The molecule has 1 aromatic carbocycles. The minimum absolute atomic E-state index is 0.163. The van der Waals surface area contributed by atoms with Crippen molar-refractivity contribution in [2.45, 2.75) is 51.8 Å². The molecule has 6 heteroatoms. The molecule has 0 saturated carbocycles. The van der Waals surface area contributed by atoms with Gasteiger partial charge in [-0.1, -0.05) is 26.0 Å². The molecule has 1 aliphatic heterocycles. The first-order valence-corrected chi connectivity index (χ1v) is 12.7. The van der Waals surface area contributed by atoms with Crippen LogP contribution in [-0.4, -0.2) is 49.4 Å². The average Bonchev–Trinajstić information content (AvgIpc) is 3.41. The Morgan fingerprint density at radius 1 is 1.28 bits per heavy atom. The second kappa shape index (κ2) is 9.08. The maximum absolute atomic E-state index is 6.28. The molecule has 3 heterocycles. The molecule has 5 nitrogen and oxygen atoms in total. The van der Waals surface area contributed by atoms with Gasteiger partial charge in [0.2, 0.25) is 0 Å². The molecule has 1 fully saturated rings. The zero-order chi connectivity index (χ0) is 23.0. The van der Waals surface area contributed by atoms with Gasteiger partial charge < -0.3 is 9.47 Å². The molecule has 0 radical (unpaired) electrons. The Morgan fingerprint density at radius 3 is 2.69 bits per heavy atom. The normalized spacial score (nSPS) is 18.4. The number of hydrogen-bond acceptors (Lipinski definition) is 4. The number of benzene rings is 1. The Hall–Kier alpha value is -2.02.